The van der Waals surface area contributed by atoms with Gasteiger partial charge in [-0.3, -0.25) is 0 Å². The van der Waals surface area contributed by atoms with Gasteiger partial charge in [0.1, 0.15) is 11.6 Å². The summed E-state index contributed by atoms with van der Waals surface area (Å²) in [6.07, 6.45) is 2.08. The first kappa shape index (κ1) is 22.5. The van der Waals surface area contributed by atoms with E-state index in [0.717, 1.165) is 48.8 Å². The lowest BCUT2D eigenvalue weighted by Gasteiger charge is -2.15. The van der Waals surface area contributed by atoms with Gasteiger partial charge in [0.05, 0.1) is 23.4 Å². The number of hydrogen-bond donors (Lipinski definition) is 0. The molecule has 4 heteroatoms. The number of nitrogens with zero attached hydrogens (tertiary/aromatic N) is 2. The SMILES string of the molecule is Cc1ccc(C(C)C)c(OCCCCn2c(CSc3ccccc3)nc3ccccc32)c1. The molecule has 0 radical (unpaired) electrons. The Bertz CT molecular complexity index is 1150. The third-order valence-electron chi connectivity index (χ3n) is 5.67. The van der Waals surface area contributed by atoms with E-state index in [1.807, 2.05) is 11.8 Å². The van der Waals surface area contributed by atoms with Crippen LogP contribution in [0.15, 0.2) is 77.7 Å². The van der Waals surface area contributed by atoms with Gasteiger partial charge in [-0.1, -0.05) is 56.3 Å². The number of ether oxygens (including phenoxy) is 1. The van der Waals surface area contributed by atoms with Crippen molar-refractivity contribution in [2.45, 2.75) is 56.7 Å². The molecule has 0 aliphatic carbocycles. The Morgan fingerprint density at radius 2 is 1.72 bits per heavy atom. The first-order valence-corrected chi connectivity index (χ1v) is 12.5. The van der Waals surface area contributed by atoms with Crippen molar-refractivity contribution in [3.63, 3.8) is 0 Å². The third-order valence-corrected chi connectivity index (χ3v) is 6.68. The van der Waals surface area contributed by atoms with Crippen molar-refractivity contribution < 1.29 is 4.74 Å². The van der Waals surface area contributed by atoms with Crippen LogP contribution in [-0.4, -0.2) is 16.2 Å². The monoisotopic (exact) mass is 444 g/mol. The van der Waals surface area contributed by atoms with Gasteiger partial charge in [-0.2, -0.15) is 0 Å². The summed E-state index contributed by atoms with van der Waals surface area (Å²) >= 11 is 1.84. The summed E-state index contributed by atoms with van der Waals surface area (Å²) in [4.78, 5) is 6.20. The molecule has 0 amide bonds. The Labute approximate surface area is 195 Å². The molecule has 32 heavy (non-hydrogen) atoms. The van der Waals surface area contributed by atoms with Crippen LogP contribution in [0.4, 0.5) is 0 Å². The van der Waals surface area contributed by atoms with E-state index >= 15 is 0 Å². The van der Waals surface area contributed by atoms with Gasteiger partial charge in [-0.25, -0.2) is 4.98 Å². The Hall–Kier alpha value is -2.72. The zero-order chi connectivity index (χ0) is 22.3. The predicted octanol–water partition coefficient (Wildman–Crippen LogP) is 7.62. The number of hydrogen-bond acceptors (Lipinski definition) is 3. The van der Waals surface area contributed by atoms with Crippen LogP contribution in [0.1, 0.15) is 49.6 Å². The molecule has 0 saturated carbocycles. The van der Waals surface area contributed by atoms with E-state index in [9.17, 15) is 0 Å². The van der Waals surface area contributed by atoms with Crippen molar-refractivity contribution in [1.29, 1.82) is 0 Å². The van der Waals surface area contributed by atoms with E-state index < -0.39 is 0 Å². The lowest BCUT2D eigenvalue weighted by molar-refractivity contribution is 0.299. The van der Waals surface area contributed by atoms with Crippen molar-refractivity contribution in [1.82, 2.24) is 9.55 Å². The van der Waals surface area contributed by atoms with E-state index in [-0.39, 0.29) is 0 Å². The molecular formula is C28H32N2OS. The van der Waals surface area contributed by atoms with Gasteiger partial charge in [0, 0.05) is 11.4 Å². The van der Waals surface area contributed by atoms with E-state index in [4.69, 9.17) is 9.72 Å². The number of benzene rings is 3. The molecule has 0 aliphatic heterocycles. The molecule has 0 fully saturated rings. The van der Waals surface area contributed by atoms with Crippen LogP contribution in [0.3, 0.4) is 0 Å². The minimum atomic E-state index is 0.465. The van der Waals surface area contributed by atoms with Crippen LogP contribution in [0.5, 0.6) is 5.75 Å². The van der Waals surface area contributed by atoms with Crippen LogP contribution < -0.4 is 4.74 Å². The lowest BCUT2D eigenvalue weighted by atomic mass is 10.0. The highest BCUT2D eigenvalue weighted by atomic mass is 32.2. The normalized spacial score (nSPS) is 11.4. The number of fused-ring (bicyclic) bond motifs is 1. The first-order valence-electron chi connectivity index (χ1n) is 11.5. The summed E-state index contributed by atoms with van der Waals surface area (Å²) in [6.45, 7) is 8.26. The van der Waals surface area contributed by atoms with Crippen molar-refractivity contribution in [3.8, 4) is 5.75 Å². The van der Waals surface area contributed by atoms with Crippen LogP contribution in [0.2, 0.25) is 0 Å². The molecule has 3 aromatic carbocycles. The van der Waals surface area contributed by atoms with Gasteiger partial charge < -0.3 is 9.30 Å². The van der Waals surface area contributed by atoms with E-state index in [1.165, 1.54) is 21.5 Å². The number of unbranched alkanes of at least 4 members (excludes halogenated alkanes) is 1. The van der Waals surface area contributed by atoms with Crippen molar-refractivity contribution in [2.75, 3.05) is 6.61 Å². The fourth-order valence-corrected chi connectivity index (χ4v) is 4.81. The van der Waals surface area contributed by atoms with Crippen LogP contribution >= 0.6 is 11.8 Å². The molecule has 1 heterocycles. The molecule has 0 saturated heterocycles. The predicted molar refractivity (Wildman–Crippen MR) is 136 cm³/mol. The number of imidazole rings is 1. The summed E-state index contributed by atoms with van der Waals surface area (Å²) in [7, 11) is 0. The molecule has 0 atom stereocenters. The Morgan fingerprint density at radius 1 is 0.938 bits per heavy atom. The Kier molecular flexibility index (Phi) is 7.54. The summed E-state index contributed by atoms with van der Waals surface area (Å²) in [5, 5.41) is 0. The number of thioether (sulfide) groups is 1. The summed E-state index contributed by atoms with van der Waals surface area (Å²) < 4.78 is 8.58. The maximum atomic E-state index is 6.19. The average Bonchev–Trinajstić information content (AvgIpc) is 3.15. The molecule has 0 spiro atoms. The van der Waals surface area contributed by atoms with E-state index in [0.29, 0.717) is 5.92 Å². The highest BCUT2D eigenvalue weighted by Crippen LogP contribution is 2.28. The minimum absolute atomic E-state index is 0.465. The van der Waals surface area contributed by atoms with Gasteiger partial charge in [0.2, 0.25) is 0 Å². The second-order valence-corrected chi connectivity index (χ2v) is 9.57. The topological polar surface area (TPSA) is 27.1 Å². The largest absolute Gasteiger partial charge is 0.493 e. The van der Waals surface area contributed by atoms with Crippen molar-refractivity contribution in [2.24, 2.45) is 0 Å². The molecule has 0 aliphatic rings. The van der Waals surface area contributed by atoms with Gasteiger partial charge >= 0.3 is 0 Å². The zero-order valence-electron chi connectivity index (χ0n) is 19.3. The number of para-hydroxylation sites is 2. The highest BCUT2D eigenvalue weighted by Gasteiger charge is 2.11. The van der Waals surface area contributed by atoms with E-state index in [1.54, 1.807) is 0 Å². The van der Waals surface area contributed by atoms with Gasteiger partial charge in [-0.05, 0) is 67.1 Å². The van der Waals surface area contributed by atoms with Gasteiger partial charge in [0.25, 0.3) is 0 Å². The molecule has 4 aromatic rings. The lowest BCUT2D eigenvalue weighted by Crippen LogP contribution is -2.06. The average molecular weight is 445 g/mol. The smallest absolute Gasteiger partial charge is 0.122 e. The maximum absolute atomic E-state index is 6.19. The highest BCUT2D eigenvalue weighted by molar-refractivity contribution is 7.98. The maximum Gasteiger partial charge on any atom is 0.122 e. The van der Waals surface area contributed by atoms with Gasteiger partial charge in [-0.15, -0.1) is 11.8 Å². The number of aromatic nitrogens is 2. The van der Waals surface area contributed by atoms with Crippen molar-refractivity contribution in [3.05, 3.63) is 89.7 Å². The van der Waals surface area contributed by atoms with Crippen LogP contribution in [-0.2, 0) is 12.3 Å². The van der Waals surface area contributed by atoms with E-state index in [2.05, 4.69) is 98.1 Å². The molecule has 0 unspecified atom stereocenters. The fourth-order valence-electron chi connectivity index (χ4n) is 3.95. The molecule has 166 valence electrons. The number of aryl methyl sites for hydroxylation is 2. The summed E-state index contributed by atoms with van der Waals surface area (Å²) in [5.74, 6) is 3.51. The third kappa shape index (κ3) is 5.55. The molecule has 4 rings (SSSR count). The quantitative estimate of drug-likeness (QED) is 0.186. The van der Waals surface area contributed by atoms with Crippen molar-refractivity contribution >= 4 is 22.8 Å². The molecule has 1 aromatic heterocycles. The molecule has 3 nitrogen and oxygen atoms in total. The van der Waals surface area contributed by atoms with Gasteiger partial charge in [0.15, 0.2) is 0 Å². The van der Waals surface area contributed by atoms with Crippen LogP contribution in [0.25, 0.3) is 11.0 Å². The number of rotatable bonds is 10. The standard InChI is InChI=1S/C28H32N2OS/c1-21(2)24-16-15-22(3)19-27(24)31-18-10-9-17-30-26-14-8-7-13-25(26)29-28(30)20-32-23-11-5-4-6-12-23/h4-8,11-16,19,21H,9-10,17-18,20H2,1-3H3. The fraction of sp³-hybridized carbons (Fsp3) is 0.321. The molecule has 0 bridgehead atoms. The second kappa shape index (κ2) is 10.7. The summed E-state index contributed by atoms with van der Waals surface area (Å²) in [5.41, 5.74) is 4.83. The summed E-state index contributed by atoms with van der Waals surface area (Å²) in [6, 6.07) is 25.5. The van der Waals surface area contributed by atoms with Crippen LogP contribution in [0, 0.1) is 6.92 Å². The zero-order valence-corrected chi connectivity index (χ0v) is 20.1. The Morgan fingerprint density at radius 3 is 2.53 bits per heavy atom. The molecular weight excluding hydrogens is 412 g/mol. The first-order chi connectivity index (χ1) is 15.6. The second-order valence-electron chi connectivity index (χ2n) is 8.52. The minimum Gasteiger partial charge on any atom is -0.493 e. The molecule has 0 N–H and O–H groups in total. The Balaban J connectivity index is 1.38.